The number of carbonyl (C=O) groups is 1. The number of hydrogen-bond acceptors (Lipinski definition) is 4. The summed E-state index contributed by atoms with van der Waals surface area (Å²) in [6.45, 7) is 12.4. The fraction of sp³-hybridized carbons (Fsp3) is 0.933. The molecule has 0 saturated carbocycles. The van der Waals surface area contributed by atoms with Gasteiger partial charge in [0, 0.05) is 25.2 Å². The number of nitrogens with zero attached hydrogens (tertiary/aromatic N) is 1. The van der Waals surface area contributed by atoms with Crippen LogP contribution < -0.4 is 5.32 Å². The normalized spacial score (nSPS) is 28.2. The first kappa shape index (κ1) is 16.4. The first-order chi connectivity index (χ1) is 8.78. The lowest BCUT2D eigenvalue weighted by molar-refractivity contribution is -0.149. The van der Waals surface area contributed by atoms with Gasteiger partial charge in [-0.3, -0.25) is 15.0 Å². The van der Waals surface area contributed by atoms with Gasteiger partial charge in [0.1, 0.15) is 5.54 Å². The monoisotopic (exact) mass is 270 g/mol. The molecule has 112 valence electrons. The first-order valence-electron chi connectivity index (χ1n) is 7.38. The lowest BCUT2D eigenvalue weighted by atomic mass is 9.92. The highest BCUT2D eigenvalue weighted by atomic mass is 16.5. The fourth-order valence-corrected chi connectivity index (χ4v) is 3.04. The molecule has 4 nitrogen and oxygen atoms in total. The van der Waals surface area contributed by atoms with E-state index in [1.165, 1.54) is 20.0 Å². The second kappa shape index (κ2) is 6.71. The van der Waals surface area contributed by atoms with E-state index in [2.05, 4.69) is 37.9 Å². The van der Waals surface area contributed by atoms with Crippen molar-refractivity contribution in [2.45, 2.75) is 65.1 Å². The minimum atomic E-state index is -0.631. The third-order valence-corrected chi connectivity index (χ3v) is 4.01. The molecular formula is C15H30N2O2. The lowest BCUT2D eigenvalue weighted by Crippen LogP contribution is -2.61. The molecule has 1 aliphatic rings. The van der Waals surface area contributed by atoms with Crippen LogP contribution in [0.5, 0.6) is 0 Å². The topological polar surface area (TPSA) is 41.6 Å². The second-order valence-corrected chi connectivity index (χ2v) is 6.58. The van der Waals surface area contributed by atoms with E-state index in [0.717, 1.165) is 6.54 Å². The van der Waals surface area contributed by atoms with Crippen molar-refractivity contribution in [2.24, 2.45) is 5.92 Å². The highest BCUT2D eigenvalue weighted by Gasteiger charge is 2.38. The summed E-state index contributed by atoms with van der Waals surface area (Å²) < 4.78 is 4.99. The zero-order valence-corrected chi connectivity index (χ0v) is 13.3. The number of piperidine rings is 1. The Labute approximate surface area is 117 Å². The fourth-order valence-electron chi connectivity index (χ4n) is 3.04. The Morgan fingerprint density at radius 3 is 2.58 bits per heavy atom. The van der Waals surface area contributed by atoms with Gasteiger partial charge in [0.15, 0.2) is 0 Å². The summed E-state index contributed by atoms with van der Waals surface area (Å²) >= 11 is 0. The SMILES string of the molecule is COC(=O)C(C)(CN1CC(C)CCC1C)NC(C)C. The van der Waals surface area contributed by atoms with Gasteiger partial charge in [-0.1, -0.05) is 6.92 Å². The highest BCUT2D eigenvalue weighted by molar-refractivity contribution is 5.80. The van der Waals surface area contributed by atoms with Gasteiger partial charge in [0.25, 0.3) is 0 Å². The van der Waals surface area contributed by atoms with E-state index in [9.17, 15) is 4.79 Å². The van der Waals surface area contributed by atoms with Gasteiger partial charge < -0.3 is 4.74 Å². The van der Waals surface area contributed by atoms with E-state index in [4.69, 9.17) is 4.74 Å². The number of esters is 1. The van der Waals surface area contributed by atoms with Gasteiger partial charge in [-0.25, -0.2) is 0 Å². The average molecular weight is 270 g/mol. The Morgan fingerprint density at radius 1 is 1.42 bits per heavy atom. The Kier molecular flexibility index (Phi) is 5.81. The number of ether oxygens (including phenoxy) is 1. The molecule has 0 radical (unpaired) electrons. The van der Waals surface area contributed by atoms with Crippen LogP contribution in [-0.4, -0.2) is 48.7 Å². The van der Waals surface area contributed by atoms with E-state index < -0.39 is 5.54 Å². The summed E-state index contributed by atoms with van der Waals surface area (Å²) in [6, 6.07) is 0.788. The summed E-state index contributed by atoms with van der Waals surface area (Å²) in [6.07, 6.45) is 2.49. The number of hydrogen-bond donors (Lipinski definition) is 1. The van der Waals surface area contributed by atoms with Crippen molar-refractivity contribution in [1.29, 1.82) is 0 Å². The van der Waals surface area contributed by atoms with Crippen molar-refractivity contribution >= 4 is 5.97 Å². The average Bonchev–Trinajstić information content (AvgIpc) is 2.31. The molecule has 1 rings (SSSR count). The van der Waals surface area contributed by atoms with Crippen LogP contribution in [0.1, 0.15) is 47.5 Å². The van der Waals surface area contributed by atoms with E-state index in [1.807, 2.05) is 6.92 Å². The number of nitrogens with one attached hydrogen (secondary N) is 1. The summed E-state index contributed by atoms with van der Waals surface area (Å²) in [4.78, 5) is 14.5. The van der Waals surface area contributed by atoms with Gasteiger partial charge >= 0.3 is 5.97 Å². The van der Waals surface area contributed by atoms with Gasteiger partial charge in [-0.05, 0) is 46.5 Å². The molecule has 4 heteroatoms. The van der Waals surface area contributed by atoms with E-state index in [1.54, 1.807) is 0 Å². The van der Waals surface area contributed by atoms with Crippen LogP contribution in [0, 0.1) is 5.92 Å². The Balaban J connectivity index is 2.78. The van der Waals surface area contributed by atoms with Crippen LogP contribution >= 0.6 is 0 Å². The maximum absolute atomic E-state index is 12.1. The third kappa shape index (κ3) is 4.46. The molecule has 3 unspecified atom stereocenters. The van der Waals surface area contributed by atoms with Gasteiger partial charge in [-0.2, -0.15) is 0 Å². The molecule has 0 amide bonds. The molecule has 0 aromatic carbocycles. The van der Waals surface area contributed by atoms with Crippen molar-refractivity contribution < 1.29 is 9.53 Å². The maximum atomic E-state index is 12.1. The van der Waals surface area contributed by atoms with Crippen LogP contribution in [0.3, 0.4) is 0 Å². The third-order valence-electron chi connectivity index (χ3n) is 4.01. The second-order valence-electron chi connectivity index (χ2n) is 6.58. The predicted octanol–water partition coefficient (Wildman–Crippen LogP) is 2.04. The standard InChI is InChI=1S/C15H30N2O2/c1-11(2)16-15(5,14(18)19-6)10-17-9-12(3)7-8-13(17)4/h11-13,16H,7-10H2,1-6H3. The van der Waals surface area contributed by atoms with Crippen molar-refractivity contribution in [1.82, 2.24) is 10.2 Å². The zero-order valence-electron chi connectivity index (χ0n) is 13.3. The highest BCUT2D eigenvalue weighted by Crippen LogP contribution is 2.23. The number of likely N-dealkylation sites (tertiary alicyclic amines) is 1. The number of rotatable bonds is 5. The van der Waals surface area contributed by atoms with Crippen LogP contribution in [0.15, 0.2) is 0 Å². The van der Waals surface area contributed by atoms with Gasteiger partial charge in [0.05, 0.1) is 7.11 Å². The van der Waals surface area contributed by atoms with Gasteiger partial charge in [-0.15, -0.1) is 0 Å². The maximum Gasteiger partial charge on any atom is 0.327 e. The molecule has 1 fully saturated rings. The van der Waals surface area contributed by atoms with E-state index >= 15 is 0 Å². The summed E-state index contributed by atoms with van der Waals surface area (Å²) in [5.41, 5.74) is -0.631. The largest absolute Gasteiger partial charge is 0.468 e. The number of carbonyl (C=O) groups excluding carboxylic acids is 1. The quantitative estimate of drug-likeness (QED) is 0.776. The van der Waals surface area contributed by atoms with Gasteiger partial charge in [0.2, 0.25) is 0 Å². The summed E-state index contributed by atoms with van der Waals surface area (Å²) in [5.74, 6) is 0.531. The van der Waals surface area contributed by atoms with Crippen LogP contribution in [0.25, 0.3) is 0 Å². The Morgan fingerprint density at radius 2 is 2.05 bits per heavy atom. The molecule has 0 aromatic heterocycles. The molecule has 1 saturated heterocycles. The smallest absolute Gasteiger partial charge is 0.327 e. The van der Waals surface area contributed by atoms with Crippen LogP contribution in [0.4, 0.5) is 0 Å². The molecule has 3 atom stereocenters. The van der Waals surface area contributed by atoms with Crippen molar-refractivity contribution in [3.8, 4) is 0 Å². The molecule has 1 heterocycles. The lowest BCUT2D eigenvalue weighted by Gasteiger charge is -2.42. The molecule has 0 aromatic rings. The van der Waals surface area contributed by atoms with E-state index in [0.29, 0.717) is 18.5 Å². The molecule has 19 heavy (non-hydrogen) atoms. The zero-order chi connectivity index (χ0) is 14.6. The van der Waals surface area contributed by atoms with Crippen LogP contribution in [-0.2, 0) is 9.53 Å². The summed E-state index contributed by atoms with van der Waals surface area (Å²) in [7, 11) is 1.46. The minimum absolute atomic E-state index is 0.174. The van der Waals surface area contributed by atoms with Crippen molar-refractivity contribution in [3.05, 3.63) is 0 Å². The van der Waals surface area contributed by atoms with Crippen molar-refractivity contribution in [3.63, 3.8) is 0 Å². The first-order valence-corrected chi connectivity index (χ1v) is 7.38. The Hall–Kier alpha value is -0.610. The van der Waals surface area contributed by atoms with E-state index in [-0.39, 0.29) is 12.0 Å². The number of methoxy groups -OCH3 is 1. The van der Waals surface area contributed by atoms with Crippen molar-refractivity contribution in [2.75, 3.05) is 20.2 Å². The van der Waals surface area contributed by atoms with Crippen LogP contribution in [0.2, 0.25) is 0 Å². The molecule has 0 bridgehead atoms. The molecular weight excluding hydrogens is 240 g/mol. The predicted molar refractivity (Wildman–Crippen MR) is 78.1 cm³/mol. The Bertz CT molecular complexity index is 307. The molecule has 0 aliphatic carbocycles. The molecule has 1 N–H and O–H groups in total. The minimum Gasteiger partial charge on any atom is -0.468 e. The summed E-state index contributed by atoms with van der Waals surface area (Å²) in [5, 5.41) is 3.37. The molecule has 1 aliphatic heterocycles. The molecule has 0 spiro atoms.